The molecule has 30 heavy (non-hydrogen) atoms. The van der Waals surface area contributed by atoms with Crippen LogP contribution in [0.15, 0.2) is 59.5 Å². The second kappa shape index (κ2) is 9.15. The zero-order valence-electron chi connectivity index (χ0n) is 15.9. The van der Waals surface area contributed by atoms with Gasteiger partial charge in [-0.25, -0.2) is 4.79 Å². The van der Waals surface area contributed by atoms with Gasteiger partial charge in [0.2, 0.25) is 0 Å². The van der Waals surface area contributed by atoms with Crippen LogP contribution >= 0.6 is 23.2 Å². The van der Waals surface area contributed by atoms with Crippen LogP contribution in [0, 0.1) is 0 Å². The summed E-state index contributed by atoms with van der Waals surface area (Å²) >= 11 is 12.6. The van der Waals surface area contributed by atoms with Gasteiger partial charge < -0.3 is 14.4 Å². The molecule has 0 fully saturated rings. The van der Waals surface area contributed by atoms with Crippen molar-refractivity contribution < 1.29 is 19.4 Å². The lowest BCUT2D eigenvalue weighted by Crippen LogP contribution is -2.18. The van der Waals surface area contributed by atoms with Crippen LogP contribution in [0.3, 0.4) is 0 Å². The molecule has 0 spiro atoms. The van der Waals surface area contributed by atoms with Crippen LogP contribution in [0.2, 0.25) is 10.0 Å². The zero-order chi connectivity index (χ0) is 21.8. The summed E-state index contributed by atoms with van der Waals surface area (Å²) in [7, 11) is 0. The Morgan fingerprint density at radius 1 is 1.10 bits per heavy atom. The van der Waals surface area contributed by atoms with Gasteiger partial charge in [0.05, 0.1) is 24.2 Å². The summed E-state index contributed by atoms with van der Waals surface area (Å²) in [5, 5.41) is 11.6. The van der Waals surface area contributed by atoms with Gasteiger partial charge in [-0.2, -0.15) is 0 Å². The number of aliphatic hydroxyl groups excluding tert-OH is 1. The number of pyridine rings is 1. The van der Waals surface area contributed by atoms with E-state index >= 15 is 0 Å². The van der Waals surface area contributed by atoms with E-state index in [2.05, 4.69) is 4.74 Å². The van der Waals surface area contributed by atoms with Gasteiger partial charge in [0.25, 0.3) is 5.78 Å². The van der Waals surface area contributed by atoms with Crippen LogP contribution in [-0.4, -0.2) is 28.0 Å². The number of hydrogen-bond donors (Lipinski definition) is 1. The lowest BCUT2D eigenvalue weighted by Gasteiger charge is -2.15. The SMILES string of the molecule is CCOC(=O)C(=O)C=C(O)c1cn(Cc2c(Cl)cccc2Cl)c2ccccc2c1=O. The molecule has 0 atom stereocenters. The molecule has 0 aliphatic heterocycles. The molecule has 1 N–H and O–H groups in total. The highest BCUT2D eigenvalue weighted by Crippen LogP contribution is 2.26. The molecular formula is C22H17Cl2NO5. The van der Waals surface area contributed by atoms with Crippen LogP contribution in [-0.2, 0) is 20.9 Å². The molecule has 0 unspecified atom stereocenters. The number of para-hydroxylation sites is 1. The molecule has 3 rings (SSSR count). The van der Waals surface area contributed by atoms with E-state index in [9.17, 15) is 19.5 Å². The highest BCUT2D eigenvalue weighted by molar-refractivity contribution is 6.39. The molecule has 6 nitrogen and oxygen atoms in total. The Balaban J connectivity index is 2.15. The summed E-state index contributed by atoms with van der Waals surface area (Å²) in [4.78, 5) is 36.3. The van der Waals surface area contributed by atoms with Gasteiger partial charge in [0, 0.05) is 33.3 Å². The fraction of sp³-hybridized carbons (Fsp3) is 0.136. The van der Waals surface area contributed by atoms with Gasteiger partial charge in [0.15, 0.2) is 5.43 Å². The van der Waals surface area contributed by atoms with E-state index in [1.54, 1.807) is 54.0 Å². The Kier molecular flexibility index (Phi) is 6.59. The minimum Gasteiger partial charge on any atom is -0.507 e. The molecule has 0 saturated heterocycles. The zero-order valence-corrected chi connectivity index (χ0v) is 17.4. The fourth-order valence-corrected chi connectivity index (χ4v) is 3.49. The van der Waals surface area contributed by atoms with E-state index in [4.69, 9.17) is 23.2 Å². The Bertz CT molecular complexity index is 1210. The Hall–Kier alpha value is -3.09. The van der Waals surface area contributed by atoms with Crippen molar-refractivity contribution >= 4 is 51.6 Å². The third-order valence-corrected chi connectivity index (χ3v) is 5.11. The number of aliphatic hydroxyl groups is 1. The normalized spacial score (nSPS) is 11.5. The van der Waals surface area contributed by atoms with Gasteiger partial charge >= 0.3 is 5.97 Å². The first-order chi connectivity index (χ1) is 14.3. The number of nitrogens with zero attached hydrogens (tertiary/aromatic N) is 1. The first-order valence-electron chi connectivity index (χ1n) is 9.00. The average molecular weight is 446 g/mol. The summed E-state index contributed by atoms with van der Waals surface area (Å²) in [6.07, 6.45) is 2.07. The highest BCUT2D eigenvalue weighted by Gasteiger charge is 2.18. The maximum atomic E-state index is 12.9. The highest BCUT2D eigenvalue weighted by atomic mass is 35.5. The lowest BCUT2D eigenvalue weighted by atomic mass is 10.1. The number of ether oxygens (including phenoxy) is 1. The summed E-state index contributed by atoms with van der Waals surface area (Å²) in [6.45, 7) is 1.78. The molecule has 3 aromatic rings. The van der Waals surface area contributed by atoms with E-state index in [-0.39, 0.29) is 18.7 Å². The van der Waals surface area contributed by atoms with Crippen molar-refractivity contribution in [3.8, 4) is 0 Å². The summed E-state index contributed by atoms with van der Waals surface area (Å²) in [5.74, 6) is -2.82. The second-order valence-corrected chi connectivity index (χ2v) is 7.15. The predicted molar refractivity (Wildman–Crippen MR) is 116 cm³/mol. The van der Waals surface area contributed by atoms with Crippen molar-refractivity contribution in [2.75, 3.05) is 6.61 Å². The van der Waals surface area contributed by atoms with E-state index in [1.165, 1.54) is 6.20 Å². The molecule has 1 heterocycles. The Morgan fingerprint density at radius 3 is 2.43 bits per heavy atom. The number of carbonyl (C=O) groups excluding carboxylic acids is 2. The summed E-state index contributed by atoms with van der Waals surface area (Å²) in [5.41, 5.74) is 0.588. The van der Waals surface area contributed by atoms with Crippen molar-refractivity contribution in [1.82, 2.24) is 4.57 Å². The van der Waals surface area contributed by atoms with E-state index in [0.717, 1.165) is 0 Å². The number of fused-ring (bicyclic) bond motifs is 1. The topological polar surface area (TPSA) is 85.6 Å². The maximum Gasteiger partial charge on any atom is 0.379 e. The molecule has 0 bridgehead atoms. The number of rotatable bonds is 6. The number of aromatic nitrogens is 1. The monoisotopic (exact) mass is 445 g/mol. The number of hydrogen-bond acceptors (Lipinski definition) is 5. The van der Waals surface area contributed by atoms with Crippen LogP contribution < -0.4 is 5.43 Å². The van der Waals surface area contributed by atoms with Crippen LogP contribution in [0.25, 0.3) is 16.7 Å². The van der Waals surface area contributed by atoms with Gasteiger partial charge in [0.1, 0.15) is 5.76 Å². The molecule has 154 valence electrons. The number of ketones is 1. The number of benzene rings is 2. The first-order valence-corrected chi connectivity index (χ1v) is 9.76. The quantitative estimate of drug-likeness (QED) is 0.263. The van der Waals surface area contributed by atoms with Gasteiger partial charge in [-0.3, -0.25) is 9.59 Å². The largest absolute Gasteiger partial charge is 0.507 e. The van der Waals surface area contributed by atoms with Crippen molar-refractivity contribution in [2.24, 2.45) is 0 Å². The van der Waals surface area contributed by atoms with Crippen molar-refractivity contribution in [1.29, 1.82) is 0 Å². The van der Waals surface area contributed by atoms with Crippen molar-refractivity contribution in [3.05, 3.63) is 86.1 Å². The smallest absolute Gasteiger partial charge is 0.379 e. The molecular weight excluding hydrogens is 429 g/mol. The third kappa shape index (κ3) is 4.40. The third-order valence-electron chi connectivity index (χ3n) is 4.40. The Labute approximate surface area is 181 Å². The van der Waals surface area contributed by atoms with E-state index in [0.29, 0.717) is 32.6 Å². The number of esters is 1. The minimum atomic E-state index is -1.12. The molecule has 1 aromatic heterocycles. The van der Waals surface area contributed by atoms with Crippen molar-refractivity contribution in [3.63, 3.8) is 0 Å². The predicted octanol–water partition coefficient (Wildman–Crippen LogP) is 4.39. The average Bonchev–Trinajstić information content (AvgIpc) is 2.72. The first kappa shape index (κ1) is 21.6. The van der Waals surface area contributed by atoms with E-state index < -0.39 is 22.9 Å². The maximum absolute atomic E-state index is 12.9. The van der Waals surface area contributed by atoms with Crippen LogP contribution in [0.4, 0.5) is 0 Å². The lowest BCUT2D eigenvalue weighted by molar-refractivity contribution is -0.151. The molecule has 8 heteroatoms. The minimum absolute atomic E-state index is 0.0144. The van der Waals surface area contributed by atoms with Gasteiger partial charge in [-0.1, -0.05) is 41.4 Å². The molecule has 0 aliphatic carbocycles. The second-order valence-electron chi connectivity index (χ2n) is 6.33. The summed E-state index contributed by atoms with van der Waals surface area (Å²) in [6, 6.07) is 11.9. The molecule has 0 aliphatic rings. The molecule has 0 radical (unpaired) electrons. The standard InChI is InChI=1S/C22H17Cl2NO5/c1-2-30-22(29)20(27)10-19(26)15-12-25(11-14-16(23)7-5-8-17(14)24)18-9-4-3-6-13(18)21(15)28/h3-10,12,26H,2,11H2,1H3. The van der Waals surface area contributed by atoms with E-state index in [1.807, 2.05) is 0 Å². The molecule has 2 aromatic carbocycles. The Morgan fingerprint density at radius 2 is 1.77 bits per heavy atom. The molecule has 0 amide bonds. The van der Waals surface area contributed by atoms with Crippen molar-refractivity contribution in [2.45, 2.75) is 13.5 Å². The van der Waals surface area contributed by atoms with Gasteiger partial charge in [-0.05, 0) is 31.2 Å². The number of halogens is 2. The van der Waals surface area contributed by atoms with Gasteiger partial charge in [-0.15, -0.1) is 0 Å². The fourth-order valence-electron chi connectivity index (χ4n) is 2.98. The van der Waals surface area contributed by atoms with Crippen LogP contribution in [0.1, 0.15) is 18.1 Å². The summed E-state index contributed by atoms with van der Waals surface area (Å²) < 4.78 is 6.31. The number of carbonyl (C=O) groups is 2. The van der Waals surface area contributed by atoms with Crippen LogP contribution in [0.5, 0.6) is 0 Å². The molecule has 0 saturated carbocycles.